The van der Waals surface area contributed by atoms with Crippen LogP contribution in [-0.2, 0) is 0 Å². The highest BCUT2D eigenvalue weighted by atomic mass is 16.5. The molecule has 2 aliphatic heterocycles. The summed E-state index contributed by atoms with van der Waals surface area (Å²) in [5, 5.41) is 30.2. The van der Waals surface area contributed by atoms with Crippen LogP contribution < -0.4 is 9.47 Å². The molecule has 0 radical (unpaired) electrons. The molecule has 6 nitrogen and oxygen atoms in total. The monoisotopic (exact) mass is 422 g/mol. The lowest BCUT2D eigenvalue weighted by Gasteiger charge is -2.33. The average Bonchev–Trinajstić information content (AvgIpc) is 2.66. The van der Waals surface area contributed by atoms with E-state index >= 15 is 0 Å². The maximum atomic E-state index is 12.8. The van der Waals surface area contributed by atoms with Gasteiger partial charge in [0.2, 0.25) is 0 Å². The first-order valence-electron chi connectivity index (χ1n) is 10.2. The molecular weight excluding hydrogens is 396 g/mol. The van der Waals surface area contributed by atoms with Gasteiger partial charge < -0.3 is 24.8 Å². The number of hydrogen-bond acceptors (Lipinski definition) is 6. The topological polar surface area (TPSA) is 96.2 Å². The predicted molar refractivity (Wildman–Crippen MR) is 117 cm³/mol. The van der Waals surface area contributed by atoms with Crippen LogP contribution in [0, 0.1) is 0 Å². The maximum Gasteiger partial charge on any atom is 0.174 e. The Hall–Kier alpha value is -3.25. The molecule has 0 fully saturated rings. The molecule has 0 bridgehead atoms. The van der Waals surface area contributed by atoms with Gasteiger partial charge in [-0.15, -0.1) is 0 Å². The first-order valence-corrected chi connectivity index (χ1v) is 10.2. The lowest BCUT2D eigenvalue weighted by molar-refractivity contribution is 0.0841. The van der Waals surface area contributed by atoms with Gasteiger partial charge >= 0.3 is 0 Å². The quantitative estimate of drug-likeness (QED) is 0.619. The summed E-state index contributed by atoms with van der Waals surface area (Å²) >= 11 is 0. The van der Waals surface area contributed by atoms with Gasteiger partial charge in [0.1, 0.15) is 40.3 Å². The van der Waals surface area contributed by atoms with Crippen LogP contribution in [0.15, 0.2) is 48.6 Å². The minimum Gasteiger partial charge on any atom is -0.508 e. The zero-order valence-corrected chi connectivity index (χ0v) is 17.8. The van der Waals surface area contributed by atoms with E-state index in [4.69, 9.17) is 9.47 Å². The number of ketones is 1. The van der Waals surface area contributed by atoms with Crippen LogP contribution in [0.25, 0.3) is 6.08 Å². The van der Waals surface area contributed by atoms with Crippen LogP contribution in [0.2, 0.25) is 0 Å². The first-order chi connectivity index (χ1) is 14.5. The minimum absolute atomic E-state index is 0.0914. The van der Waals surface area contributed by atoms with Gasteiger partial charge in [0.15, 0.2) is 5.78 Å². The van der Waals surface area contributed by atoms with Crippen molar-refractivity contribution in [3.63, 3.8) is 0 Å². The number of benzene rings is 2. The van der Waals surface area contributed by atoms with E-state index in [9.17, 15) is 20.1 Å². The Morgan fingerprint density at radius 1 is 1.19 bits per heavy atom. The molecule has 1 unspecified atom stereocenters. The second kappa shape index (κ2) is 7.46. The molecule has 6 heteroatoms. The summed E-state index contributed by atoms with van der Waals surface area (Å²) in [6.07, 6.45) is 7.25. The van der Waals surface area contributed by atoms with E-state index in [2.05, 4.69) is 0 Å². The Kier molecular flexibility index (Phi) is 5.06. The highest BCUT2D eigenvalue weighted by Gasteiger charge is 2.35. The molecule has 2 aromatic carbocycles. The molecule has 0 amide bonds. The minimum atomic E-state index is -0.915. The van der Waals surface area contributed by atoms with Crippen molar-refractivity contribution in [2.75, 3.05) is 0 Å². The van der Waals surface area contributed by atoms with Gasteiger partial charge in [-0.25, -0.2) is 0 Å². The molecule has 3 N–H and O–H groups in total. The molecular formula is C25H26O6. The van der Waals surface area contributed by atoms with Gasteiger partial charge in [-0.1, -0.05) is 24.3 Å². The van der Waals surface area contributed by atoms with Crippen LogP contribution >= 0.6 is 0 Å². The number of phenolic OH excluding ortho intramolecular Hbond substituents is 2. The van der Waals surface area contributed by atoms with Crippen LogP contribution in [0.4, 0.5) is 0 Å². The summed E-state index contributed by atoms with van der Waals surface area (Å²) < 4.78 is 12.2. The largest absolute Gasteiger partial charge is 0.508 e. The standard InChI is InChI=1S/C25H26O6/c1-24(2,29)10-4-11-25(3)12-9-17-20(31-25)14-21-22(23(17)28)18(27)13-19(30-21)15-5-7-16(26)8-6-15/h4-10,12,14,19,26,28-29H,11,13H2,1-3H3/b10-4+/t19-,25?/m0/s1. The highest BCUT2D eigenvalue weighted by molar-refractivity contribution is 6.04. The number of ether oxygens (including phenoxy) is 2. The Bertz CT molecular complexity index is 1070. The summed E-state index contributed by atoms with van der Waals surface area (Å²) in [5.74, 6) is 0.477. The number of carbonyl (C=O) groups excluding carboxylic acids is 1. The van der Waals surface area contributed by atoms with E-state index < -0.39 is 17.3 Å². The normalized spacial score (nSPS) is 22.6. The highest BCUT2D eigenvalue weighted by Crippen LogP contribution is 2.48. The third kappa shape index (κ3) is 4.30. The molecule has 4 rings (SSSR count). The van der Waals surface area contributed by atoms with E-state index in [0.29, 0.717) is 17.7 Å². The fourth-order valence-electron chi connectivity index (χ4n) is 3.82. The average molecular weight is 422 g/mol. The Labute approximate surface area is 181 Å². The molecule has 0 saturated carbocycles. The zero-order chi connectivity index (χ0) is 22.4. The lowest BCUT2D eigenvalue weighted by atomic mass is 9.91. The molecule has 2 heterocycles. The van der Waals surface area contributed by atoms with Crippen LogP contribution in [-0.4, -0.2) is 32.3 Å². The molecule has 0 aliphatic carbocycles. The van der Waals surface area contributed by atoms with Crippen molar-refractivity contribution in [1.29, 1.82) is 0 Å². The smallest absolute Gasteiger partial charge is 0.174 e. The predicted octanol–water partition coefficient (Wildman–Crippen LogP) is 4.69. The Morgan fingerprint density at radius 2 is 1.90 bits per heavy atom. The van der Waals surface area contributed by atoms with Crippen molar-refractivity contribution >= 4 is 11.9 Å². The number of carbonyl (C=O) groups is 1. The van der Waals surface area contributed by atoms with E-state index in [1.54, 1.807) is 56.3 Å². The number of hydrogen-bond donors (Lipinski definition) is 3. The molecule has 0 aromatic heterocycles. The van der Waals surface area contributed by atoms with Crippen molar-refractivity contribution in [1.82, 2.24) is 0 Å². The van der Waals surface area contributed by atoms with Crippen molar-refractivity contribution in [2.45, 2.75) is 50.9 Å². The Morgan fingerprint density at radius 3 is 2.58 bits per heavy atom. The molecule has 2 aromatic rings. The molecule has 2 aliphatic rings. The third-order valence-electron chi connectivity index (χ3n) is 5.44. The maximum absolute atomic E-state index is 12.8. The van der Waals surface area contributed by atoms with Gasteiger partial charge in [0.05, 0.1) is 17.6 Å². The van der Waals surface area contributed by atoms with E-state index in [1.807, 2.05) is 19.1 Å². The molecule has 0 saturated heterocycles. The molecule has 31 heavy (non-hydrogen) atoms. The lowest BCUT2D eigenvalue weighted by Crippen LogP contribution is -2.32. The Balaban J connectivity index is 1.64. The van der Waals surface area contributed by atoms with Gasteiger partial charge in [0.25, 0.3) is 0 Å². The molecule has 0 spiro atoms. The number of phenols is 2. The second-order valence-electron chi connectivity index (χ2n) is 8.84. The van der Waals surface area contributed by atoms with E-state index in [-0.39, 0.29) is 35.0 Å². The van der Waals surface area contributed by atoms with Gasteiger partial charge in [0, 0.05) is 12.5 Å². The van der Waals surface area contributed by atoms with Crippen LogP contribution in [0.3, 0.4) is 0 Å². The van der Waals surface area contributed by atoms with Crippen LogP contribution in [0.1, 0.15) is 61.2 Å². The number of Topliss-reactive ketones (excluding diaryl/α,β-unsaturated/α-hetero) is 1. The van der Waals surface area contributed by atoms with Gasteiger partial charge in [-0.3, -0.25) is 4.79 Å². The summed E-state index contributed by atoms with van der Waals surface area (Å²) in [4.78, 5) is 12.8. The number of rotatable bonds is 4. The fraction of sp³-hybridized carbons (Fsp3) is 0.320. The molecule has 162 valence electrons. The fourth-order valence-corrected chi connectivity index (χ4v) is 3.82. The molecule has 2 atom stereocenters. The second-order valence-corrected chi connectivity index (χ2v) is 8.84. The van der Waals surface area contributed by atoms with E-state index in [0.717, 1.165) is 5.56 Å². The number of fused-ring (bicyclic) bond motifs is 2. The van der Waals surface area contributed by atoms with Crippen molar-refractivity contribution < 1.29 is 29.6 Å². The van der Waals surface area contributed by atoms with Gasteiger partial charge in [-0.2, -0.15) is 0 Å². The summed E-state index contributed by atoms with van der Waals surface area (Å²) in [6.45, 7) is 5.30. The van der Waals surface area contributed by atoms with Gasteiger partial charge in [-0.05, 0) is 50.6 Å². The van der Waals surface area contributed by atoms with Crippen LogP contribution in [0.5, 0.6) is 23.0 Å². The zero-order valence-electron chi connectivity index (χ0n) is 17.8. The van der Waals surface area contributed by atoms with E-state index in [1.165, 1.54) is 0 Å². The number of aliphatic hydroxyl groups is 1. The summed E-state index contributed by atoms with van der Waals surface area (Å²) in [5.41, 5.74) is -0.224. The van der Waals surface area contributed by atoms with Crippen molar-refractivity contribution in [3.8, 4) is 23.0 Å². The number of aromatic hydroxyl groups is 2. The van der Waals surface area contributed by atoms with Crippen molar-refractivity contribution in [3.05, 3.63) is 65.3 Å². The summed E-state index contributed by atoms with van der Waals surface area (Å²) in [6, 6.07) is 8.16. The van der Waals surface area contributed by atoms with Crippen molar-refractivity contribution in [2.24, 2.45) is 0 Å². The summed E-state index contributed by atoms with van der Waals surface area (Å²) in [7, 11) is 0. The SMILES string of the molecule is CC(C)(O)/C=C/CC1(C)C=Cc2c(cc3c(c2O)C(=O)C[C@@H](c2ccc(O)cc2)O3)O1. The first kappa shape index (κ1) is 21.0. The third-order valence-corrected chi connectivity index (χ3v) is 5.44.